The Bertz CT molecular complexity index is 690. The number of aryl methyl sites for hydroxylation is 2. The molecule has 1 heterocycles. The number of benzene rings is 1. The maximum Gasteiger partial charge on any atom is 0.339 e. The third-order valence-corrected chi connectivity index (χ3v) is 3.31. The fourth-order valence-corrected chi connectivity index (χ4v) is 2.14. The number of aromatic amines is 1. The van der Waals surface area contributed by atoms with Crippen molar-refractivity contribution in [2.45, 2.75) is 13.8 Å². The number of carbonyl (C=O) groups is 2. The summed E-state index contributed by atoms with van der Waals surface area (Å²) in [6.45, 7) is 3.50. The van der Waals surface area contributed by atoms with E-state index in [0.717, 1.165) is 0 Å². The second-order valence-electron chi connectivity index (χ2n) is 4.45. The minimum atomic E-state index is -0.563. The largest absolute Gasteiger partial charge is 0.465 e. The highest BCUT2D eigenvalue weighted by Gasteiger charge is 2.17. The fraction of sp³-hybridized carbons (Fsp3) is 0.214. The molecule has 0 aliphatic heterocycles. The lowest BCUT2D eigenvalue weighted by molar-refractivity contribution is 0.0600. The molecule has 0 aliphatic rings. The molecule has 2 N–H and O–H groups in total. The highest BCUT2D eigenvalue weighted by Crippen LogP contribution is 2.22. The van der Waals surface area contributed by atoms with E-state index in [1.165, 1.54) is 19.2 Å². The molecular formula is C14H14ClN3O3. The number of nitrogens with one attached hydrogen (secondary N) is 2. The number of halogens is 1. The minimum absolute atomic E-state index is 0.192. The van der Waals surface area contributed by atoms with Crippen LogP contribution >= 0.6 is 11.6 Å². The number of aromatic nitrogens is 2. The summed E-state index contributed by atoms with van der Waals surface area (Å²) in [5.41, 5.74) is 2.39. The van der Waals surface area contributed by atoms with Gasteiger partial charge in [-0.1, -0.05) is 11.6 Å². The molecule has 7 heteroatoms. The van der Waals surface area contributed by atoms with Crippen LogP contribution in [0.2, 0.25) is 5.02 Å². The summed E-state index contributed by atoms with van der Waals surface area (Å²) in [6, 6.07) is 4.60. The molecule has 2 rings (SSSR count). The Balaban J connectivity index is 2.28. The van der Waals surface area contributed by atoms with Gasteiger partial charge in [-0.2, -0.15) is 5.10 Å². The third-order valence-electron chi connectivity index (χ3n) is 2.98. The topological polar surface area (TPSA) is 84.1 Å². The van der Waals surface area contributed by atoms with Gasteiger partial charge in [0.05, 0.1) is 29.0 Å². The molecule has 0 spiro atoms. The molecule has 0 bridgehead atoms. The monoisotopic (exact) mass is 307 g/mol. The molecule has 0 aliphatic carbocycles. The SMILES string of the molecule is COC(=O)c1cc(NC(=O)c2c(C)n[nH]c2C)ccc1Cl. The lowest BCUT2D eigenvalue weighted by atomic mass is 10.1. The number of amides is 1. The Labute approximate surface area is 126 Å². The molecule has 0 unspecified atom stereocenters. The van der Waals surface area contributed by atoms with E-state index in [0.29, 0.717) is 22.6 Å². The molecule has 6 nitrogen and oxygen atoms in total. The zero-order chi connectivity index (χ0) is 15.6. The summed E-state index contributed by atoms with van der Waals surface area (Å²) in [6.07, 6.45) is 0. The van der Waals surface area contributed by atoms with Crippen LogP contribution in [0.15, 0.2) is 18.2 Å². The van der Waals surface area contributed by atoms with Gasteiger partial charge in [-0.3, -0.25) is 9.89 Å². The summed E-state index contributed by atoms with van der Waals surface area (Å²) in [5.74, 6) is -0.872. The first-order valence-electron chi connectivity index (χ1n) is 6.14. The predicted molar refractivity (Wildman–Crippen MR) is 78.8 cm³/mol. The molecule has 1 amide bonds. The minimum Gasteiger partial charge on any atom is -0.465 e. The maximum absolute atomic E-state index is 12.2. The summed E-state index contributed by atoms with van der Waals surface area (Å²) in [5, 5.41) is 9.68. The first-order valence-corrected chi connectivity index (χ1v) is 6.52. The van der Waals surface area contributed by atoms with E-state index in [2.05, 4.69) is 20.3 Å². The average Bonchev–Trinajstić information content (AvgIpc) is 2.79. The van der Waals surface area contributed by atoms with Gasteiger partial charge in [0.25, 0.3) is 5.91 Å². The molecule has 1 aromatic carbocycles. The zero-order valence-corrected chi connectivity index (χ0v) is 12.5. The van der Waals surface area contributed by atoms with Gasteiger partial charge >= 0.3 is 5.97 Å². The first-order chi connectivity index (χ1) is 9.93. The Kier molecular flexibility index (Phi) is 4.28. The van der Waals surface area contributed by atoms with Crippen molar-refractivity contribution < 1.29 is 14.3 Å². The van der Waals surface area contributed by atoms with Crippen molar-refractivity contribution in [1.29, 1.82) is 0 Å². The summed E-state index contributed by atoms with van der Waals surface area (Å²) in [4.78, 5) is 23.8. The Morgan fingerprint density at radius 1 is 1.33 bits per heavy atom. The van der Waals surface area contributed by atoms with Crippen molar-refractivity contribution in [3.8, 4) is 0 Å². The number of H-pyrrole nitrogens is 1. The van der Waals surface area contributed by atoms with Gasteiger partial charge in [0.1, 0.15) is 0 Å². The van der Waals surface area contributed by atoms with E-state index >= 15 is 0 Å². The average molecular weight is 308 g/mol. The number of esters is 1. The van der Waals surface area contributed by atoms with E-state index in [4.69, 9.17) is 11.6 Å². The highest BCUT2D eigenvalue weighted by atomic mass is 35.5. The van der Waals surface area contributed by atoms with E-state index in [1.54, 1.807) is 19.9 Å². The van der Waals surface area contributed by atoms with Crippen molar-refractivity contribution >= 4 is 29.2 Å². The van der Waals surface area contributed by atoms with Crippen molar-refractivity contribution in [3.63, 3.8) is 0 Å². The second-order valence-corrected chi connectivity index (χ2v) is 4.86. The van der Waals surface area contributed by atoms with Crippen LogP contribution in [0.3, 0.4) is 0 Å². The number of carbonyl (C=O) groups excluding carboxylic acids is 2. The maximum atomic E-state index is 12.2. The molecule has 0 saturated carbocycles. The molecule has 0 radical (unpaired) electrons. The molecule has 110 valence electrons. The van der Waals surface area contributed by atoms with Crippen LogP contribution in [0.25, 0.3) is 0 Å². The van der Waals surface area contributed by atoms with E-state index in [9.17, 15) is 9.59 Å². The van der Waals surface area contributed by atoms with Gasteiger partial charge in [0, 0.05) is 11.4 Å². The smallest absolute Gasteiger partial charge is 0.339 e. The zero-order valence-electron chi connectivity index (χ0n) is 11.8. The number of hydrogen-bond donors (Lipinski definition) is 2. The van der Waals surface area contributed by atoms with E-state index in [-0.39, 0.29) is 16.5 Å². The van der Waals surface area contributed by atoms with Gasteiger partial charge in [0.2, 0.25) is 0 Å². The van der Waals surface area contributed by atoms with Gasteiger partial charge in [0.15, 0.2) is 0 Å². The molecule has 1 aromatic heterocycles. The van der Waals surface area contributed by atoms with Gasteiger partial charge in [-0.25, -0.2) is 4.79 Å². The van der Waals surface area contributed by atoms with Gasteiger partial charge in [-0.15, -0.1) is 0 Å². The number of rotatable bonds is 3. The summed E-state index contributed by atoms with van der Waals surface area (Å²) < 4.78 is 4.64. The predicted octanol–water partition coefficient (Wildman–Crippen LogP) is 2.72. The fourth-order valence-electron chi connectivity index (χ4n) is 1.95. The lowest BCUT2D eigenvalue weighted by Gasteiger charge is -2.08. The van der Waals surface area contributed by atoms with Crippen LogP contribution in [0, 0.1) is 13.8 Å². The second kappa shape index (κ2) is 5.97. The van der Waals surface area contributed by atoms with Gasteiger partial charge in [-0.05, 0) is 32.0 Å². The van der Waals surface area contributed by atoms with Crippen LogP contribution in [0.5, 0.6) is 0 Å². The number of ether oxygens (including phenoxy) is 1. The van der Waals surface area contributed by atoms with Crippen molar-refractivity contribution in [2.24, 2.45) is 0 Å². The van der Waals surface area contributed by atoms with Crippen molar-refractivity contribution in [3.05, 3.63) is 45.7 Å². The number of nitrogens with zero attached hydrogens (tertiary/aromatic N) is 1. The van der Waals surface area contributed by atoms with Gasteiger partial charge < -0.3 is 10.1 Å². The Hall–Kier alpha value is -2.34. The molecular weight excluding hydrogens is 294 g/mol. The number of hydrogen-bond acceptors (Lipinski definition) is 4. The van der Waals surface area contributed by atoms with Crippen LogP contribution in [0.4, 0.5) is 5.69 Å². The lowest BCUT2D eigenvalue weighted by Crippen LogP contribution is -2.14. The molecule has 0 atom stereocenters. The Morgan fingerprint density at radius 3 is 2.62 bits per heavy atom. The number of anilines is 1. The van der Waals surface area contributed by atoms with Crippen LogP contribution < -0.4 is 5.32 Å². The molecule has 21 heavy (non-hydrogen) atoms. The number of methoxy groups -OCH3 is 1. The highest BCUT2D eigenvalue weighted by molar-refractivity contribution is 6.33. The molecule has 0 saturated heterocycles. The quantitative estimate of drug-likeness (QED) is 0.854. The standard InChI is InChI=1S/C14H14ClN3O3/c1-7-12(8(2)18-17-7)13(19)16-9-4-5-11(15)10(6-9)14(20)21-3/h4-6H,1-3H3,(H,16,19)(H,17,18). The molecule has 2 aromatic rings. The van der Waals surface area contributed by atoms with E-state index < -0.39 is 5.97 Å². The van der Waals surface area contributed by atoms with Crippen molar-refractivity contribution in [1.82, 2.24) is 10.2 Å². The Morgan fingerprint density at radius 2 is 2.05 bits per heavy atom. The summed E-state index contributed by atoms with van der Waals surface area (Å²) in [7, 11) is 1.27. The van der Waals surface area contributed by atoms with Crippen LogP contribution in [-0.4, -0.2) is 29.2 Å². The van der Waals surface area contributed by atoms with Crippen LogP contribution in [0.1, 0.15) is 32.1 Å². The van der Waals surface area contributed by atoms with E-state index in [1.807, 2.05) is 0 Å². The normalized spacial score (nSPS) is 10.3. The van der Waals surface area contributed by atoms with Crippen LogP contribution in [-0.2, 0) is 4.74 Å². The third kappa shape index (κ3) is 3.05. The van der Waals surface area contributed by atoms with Crippen molar-refractivity contribution in [2.75, 3.05) is 12.4 Å². The first kappa shape index (κ1) is 15.1. The molecule has 0 fully saturated rings. The summed E-state index contributed by atoms with van der Waals surface area (Å²) >= 11 is 5.93.